The lowest BCUT2D eigenvalue weighted by Gasteiger charge is -2.31. The zero-order valence-corrected chi connectivity index (χ0v) is 17.4. The van der Waals surface area contributed by atoms with Gasteiger partial charge in [0.2, 0.25) is 5.91 Å². The number of piperidine rings is 1. The molecule has 1 fully saturated rings. The third kappa shape index (κ3) is 4.35. The molecule has 2 aromatic carbocycles. The molecule has 5 heteroatoms. The molecule has 4 rings (SSSR count). The third-order valence-electron chi connectivity index (χ3n) is 6.01. The summed E-state index contributed by atoms with van der Waals surface area (Å²) in [6.07, 6.45) is 2.01. The number of aromatic nitrogens is 2. The Morgan fingerprint density at radius 3 is 2.79 bits per heavy atom. The summed E-state index contributed by atoms with van der Waals surface area (Å²) >= 11 is 0. The Morgan fingerprint density at radius 1 is 1.17 bits per heavy atom. The van der Waals surface area contributed by atoms with Crippen LogP contribution in [0.2, 0.25) is 0 Å². The van der Waals surface area contributed by atoms with E-state index < -0.39 is 0 Å². The molecule has 0 aliphatic carbocycles. The second kappa shape index (κ2) is 8.78. The van der Waals surface area contributed by atoms with E-state index in [1.54, 1.807) is 0 Å². The van der Waals surface area contributed by atoms with Crippen molar-refractivity contribution in [3.05, 3.63) is 65.5 Å². The predicted molar refractivity (Wildman–Crippen MR) is 116 cm³/mol. The number of hydrogen-bond donors (Lipinski definition) is 1. The molecule has 1 amide bonds. The van der Waals surface area contributed by atoms with Crippen LogP contribution in [-0.4, -0.2) is 33.4 Å². The summed E-state index contributed by atoms with van der Waals surface area (Å²) in [7, 11) is 0. The van der Waals surface area contributed by atoms with Crippen molar-refractivity contribution in [3.8, 4) is 0 Å². The molecule has 0 spiro atoms. The Bertz CT molecular complexity index is 993. The molecule has 1 saturated heterocycles. The number of imidazole rings is 1. The van der Waals surface area contributed by atoms with Gasteiger partial charge in [-0.25, -0.2) is 4.98 Å². The largest absolute Gasteiger partial charge is 0.352 e. The molecule has 2 heterocycles. The summed E-state index contributed by atoms with van der Waals surface area (Å²) < 4.78 is 2.29. The summed E-state index contributed by atoms with van der Waals surface area (Å²) in [5, 5.41) is 3.15. The van der Waals surface area contributed by atoms with Gasteiger partial charge in [-0.15, -0.1) is 0 Å². The fourth-order valence-corrected chi connectivity index (χ4v) is 4.35. The lowest BCUT2D eigenvalue weighted by Crippen LogP contribution is -2.42. The standard InChI is InChI=1S/C24H30N4O/c1-3-28-22-13-7-6-12-21(22)26-23(28)17-27-14-8-11-20(16-27)24(29)25-15-19-10-5-4-9-18(19)2/h4-7,9-10,12-13,20H,3,8,11,14-17H2,1-2H3,(H,25,29)/t20-/m0/s1. The number of para-hydroxylation sites is 2. The van der Waals surface area contributed by atoms with Crippen molar-refractivity contribution in [3.63, 3.8) is 0 Å². The number of nitrogens with zero attached hydrogens (tertiary/aromatic N) is 3. The van der Waals surface area contributed by atoms with Gasteiger partial charge in [-0.2, -0.15) is 0 Å². The number of amides is 1. The topological polar surface area (TPSA) is 50.2 Å². The Labute approximate surface area is 172 Å². The van der Waals surface area contributed by atoms with Crippen molar-refractivity contribution in [2.45, 2.75) is 46.3 Å². The van der Waals surface area contributed by atoms with Crippen LogP contribution in [0.1, 0.15) is 36.7 Å². The monoisotopic (exact) mass is 390 g/mol. The van der Waals surface area contributed by atoms with Gasteiger partial charge in [0, 0.05) is 19.6 Å². The second-order valence-electron chi connectivity index (χ2n) is 7.98. The number of aryl methyl sites for hydroxylation is 2. The molecule has 29 heavy (non-hydrogen) atoms. The molecule has 0 bridgehead atoms. The van der Waals surface area contributed by atoms with Gasteiger partial charge in [-0.3, -0.25) is 9.69 Å². The maximum atomic E-state index is 12.8. The third-order valence-corrected chi connectivity index (χ3v) is 6.01. The zero-order chi connectivity index (χ0) is 20.2. The van der Waals surface area contributed by atoms with E-state index in [1.807, 2.05) is 18.2 Å². The summed E-state index contributed by atoms with van der Waals surface area (Å²) in [6.45, 7) is 8.38. The highest BCUT2D eigenvalue weighted by molar-refractivity contribution is 5.79. The van der Waals surface area contributed by atoms with Gasteiger partial charge >= 0.3 is 0 Å². The van der Waals surface area contributed by atoms with E-state index >= 15 is 0 Å². The van der Waals surface area contributed by atoms with E-state index in [1.165, 1.54) is 16.6 Å². The van der Waals surface area contributed by atoms with Gasteiger partial charge in [-0.1, -0.05) is 36.4 Å². The first-order valence-corrected chi connectivity index (χ1v) is 10.6. The number of likely N-dealkylation sites (tertiary alicyclic amines) is 1. The van der Waals surface area contributed by atoms with Crippen LogP contribution in [-0.2, 0) is 24.4 Å². The number of carbonyl (C=O) groups is 1. The van der Waals surface area contributed by atoms with Gasteiger partial charge in [0.25, 0.3) is 0 Å². The lowest BCUT2D eigenvalue weighted by molar-refractivity contribution is -0.127. The van der Waals surface area contributed by atoms with Gasteiger partial charge in [0.05, 0.1) is 23.5 Å². The number of benzene rings is 2. The molecule has 152 valence electrons. The average Bonchev–Trinajstić information content (AvgIpc) is 3.10. The van der Waals surface area contributed by atoms with E-state index in [9.17, 15) is 4.79 Å². The Hall–Kier alpha value is -2.66. The molecule has 0 saturated carbocycles. The van der Waals surface area contributed by atoms with Crippen LogP contribution in [0.3, 0.4) is 0 Å². The van der Waals surface area contributed by atoms with Crippen LogP contribution in [0, 0.1) is 12.8 Å². The molecular formula is C24H30N4O. The Kier molecular flexibility index (Phi) is 5.95. The van der Waals surface area contributed by atoms with Crippen LogP contribution in [0.4, 0.5) is 0 Å². The van der Waals surface area contributed by atoms with Gasteiger partial charge in [-0.05, 0) is 56.5 Å². The first kappa shape index (κ1) is 19.6. The summed E-state index contributed by atoms with van der Waals surface area (Å²) in [6, 6.07) is 16.5. The molecule has 0 unspecified atom stereocenters. The van der Waals surface area contributed by atoms with Crippen molar-refractivity contribution in [1.29, 1.82) is 0 Å². The fourth-order valence-electron chi connectivity index (χ4n) is 4.35. The molecule has 0 radical (unpaired) electrons. The van der Waals surface area contributed by atoms with E-state index in [-0.39, 0.29) is 11.8 Å². The zero-order valence-electron chi connectivity index (χ0n) is 17.4. The highest BCUT2D eigenvalue weighted by atomic mass is 16.1. The number of hydrogen-bond acceptors (Lipinski definition) is 3. The minimum absolute atomic E-state index is 0.0484. The minimum Gasteiger partial charge on any atom is -0.352 e. The summed E-state index contributed by atoms with van der Waals surface area (Å²) in [5.41, 5.74) is 4.64. The number of rotatable bonds is 6. The highest BCUT2D eigenvalue weighted by Gasteiger charge is 2.26. The Balaban J connectivity index is 1.39. The number of fused-ring (bicyclic) bond motifs is 1. The molecule has 3 aromatic rings. The van der Waals surface area contributed by atoms with Crippen LogP contribution in [0.25, 0.3) is 11.0 Å². The fraction of sp³-hybridized carbons (Fsp3) is 0.417. The van der Waals surface area contributed by atoms with Crippen molar-refractivity contribution in [1.82, 2.24) is 19.8 Å². The number of nitrogens with one attached hydrogen (secondary N) is 1. The summed E-state index contributed by atoms with van der Waals surface area (Å²) in [4.78, 5) is 20.0. The predicted octanol–water partition coefficient (Wildman–Crippen LogP) is 3.89. The Morgan fingerprint density at radius 2 is 1.97 bits per heavy atom. The molecule has 1 atom stereocenters. The number of carbonyl (C=O) groups excluding carboxylic acids is 1. The maximum Gasteiger partial charge on any atom is 0.224 e. The van der Waals surface area contributed by atoms with E-state index in [4.69, 9.17) is 4.98 Å². The van der Waals surface area contributed by atoms with Gasteiger partial charge < -0.3 is 9.88 Å². The smallest absolute Gasteiger partial charge is 0.224 e. The molecule has 1 aliphatic rings. The molecule has 5 nitrogen and oxygen atoms in total. The normalized spacial score (nSPS) is 17.5. The quantitative estimate of drug-likeness (QED) is 0.695. The van der Waals surface area contributed by atoms with Crippen LogP contribution in [0.5, 0.6) is 0 Å². The average molecular weight is 391 g/mol. The van der Waals surface area contributed by atoms with Crippen LogP contribution < -0.4 is 5.32 Å². The molecule has 1 N–H and O–H groups in total. The molecule has 1 aliphatic heterocycles. The minimum atomic E-state index is 0.0484. The van der Waals surface area contributed by atoms with Gasteiger partial charge in [0.1, 0.15) is 5.82 Å². The van der Waals surface area contributed by atoms with Crippen molar-refractivity contribution >= 4 is 16.9 Å². The van der Waals surface area contributed by atoms with Gasteiger partial charge in [0.15, 0.2) is 0 Å². The highest BCUT2D eigenvalue weighted by Crippen LogP contribution is 2.22. The second-order valence-corrected chi connectivity index (χ2v) is 7.98. The van der Waals surface area contributed by atoms with E-state index in [2.05, 4.69) is 59.0 Å². The maximum absolute atomic E-state index is 12.8. The van der Waals surface area contributed by atoms with Crippen molar-refractivity contribution < 1.29 is 4.79 Å². The first-order chi connectivity index (χ1) is 14.2. The van der Waals surface area contributed by atoms with Crippen LogP contribution >= 0.6 is 0 Å². The van der Waals surface area contributed by atoms with Crippen LogP contribution in [0.15, 0.2) is 48.5 Å². The lowest BCUT2D eigenvalue weighted by atomic mass is 9.97. The van der Waals surface area contributed by atoms with E-state index in [0.717, 1.165) is 50.4 Å². The molecular weight excluding hydrogens is 360 g/mol. The van der Waals surface area contributed by atoms with Crippen molar-refractivity contribution in [2.24, 2.45) is 5.92 Å². The van der Waals surface area contributed by atoms with E-state index in [0.29, 0.717) is 6.54 Å². The van der Waals surface area contributed by atoms with Crippen molar-refractivity contribution in [2.75, 3.05) is 13.1 Å². The molecule has 1 aromatic heterocycles. The first-order valence-electron chi connectivity index (χ1n) is 10.6. The SMILES string of the molecule is CCn1c(CN2CCC[C@H](C(=O)NCc3ccccc3C)C2)nc2ccccc21. The summed E-state index contributed by atoms with van der Waals surface area (Å²) in [5.74, 6) is 1.31.